The summed E-state index contributed by atoms with van der Waals surface area (Å²) in [5, 5.41) is 2.43. The molecule has 0 fully saturated rings. The van der Waals surface area contributed by atoms with Crippen molar-refractivity contribution >= 4 is 23.1 Å². The molecule has 0 aromatic carbocycles. The first-order chi connectivity index (χ1) is 11.7. The van der Waals surface area contributed by atoms with E-state index in [0.29, 0.717) is 0 Å². The maximum absolute atomic E-state index is 13.2. The summed E-state index contributed by atoms with van der Waals surface area (Å²) < 4.78 is 46.0. The van der Waals surface area contributed by atoms with Gasteiger partial charge in [-0.15, -0.1) is 4.72 Å². The molecule has 26 heavy (non-hydrogen) atoms. The number of carbonyl (C=O) groups excluding carboxylic acids is 1. The molecule has 2 N–H and O–H groups in total. The first-order valence-electron chi connectivity index (χ1n) is 8.17. The number of aromatic nitrogens is 1. The molecule has 0 spiro atoms. The Kier molecular flexibility index (Phi) is 7.38. The Labute approximate surface area is 156 Å². The first kappa shape index (κ1) is 22.6. The number of nitrogens with one attached hydrogen (secondary N) is 2. The summed E-state index contributed by atoms with van der Waals surface area (Å²) in [6.45, 7) is 12.1. The molecular formula is C17H27F2N3O3S. The van der Waals surface area contributed by atoms with Crippen LogP contribution in [0.15, 0.2) is 12.1 Å². The number of carbonyl (C=O) groups is 1. The molecule has 0 saturated heterocycles. The van der Waals surface area contributed by atoms with E-state index in [2.05, 4.69) is 15.0 Å². The Morgan fingerprint density at radius 2 is 1.73 bits per heavy atom. The molecule has 0 bridgehead atoms. The highest BCUT2D eigenvalue weighted by Gasteiger charge is 2.29. The fraction of sp³-hybridized carbons (Fsp3) is 0.647. The quantitative estimate of drug-likeness (QED) is 0.723. The zero-order valence-electron chi connectivity index (χ0n) is 16.1. The first-order valence-corrected chi connectivity index (χ1v) is 9.32. The minimum atomic E-state index is -2.81. The second kappa shape index (κ2) is 8.49. The van der Waals surface area contributed by atoms with Crippen LogP contribution in [0.4, 0.5) is 19.3 Å². The van der Waals surface area contributed by atoms with E-state index in [1.54, 1.807) is 48.5 Å². The van der Waals surface area contributed by atoms with Gasteiger partial charge in [-0.05, 0) is 60.6 Å². The number of nitrogens with zero attached hydrogens (tertiary/aromatic N) is 1. The van der Waals surface area contributed by atoms with Crippen LogP contribution >= 0.6 is 0 Å². The predicted octanol–water partition coefficient (Wildman–Crippen LogP) is 4.48. The van der Waals surface area contributed by atoms with Crippen molar-refractivity contribution in [3.8, 4) is 0 Å². The summed E-state index contributed by atoms with van der Waals surface area (Å²) in [5.74, 6) is 0. The molecule has 9 heteroatoms. The van der Waals surface area contributed by atoms with E-state index in [1.807, 2.05) is 0 Å². The lowest BCUT2D eigenvalue weighted by Gasteiger charge is -2.26. The molecule has 1 aromatic heterocycles. The van der Waals surface area contributed by atoms with Gasteiger partial charge in [0.2, 0.25) is 0 Å². The summed E-state index contributed by atoms with van der Waals surface area (Å²) in [6.07, 6.45) is -3.57. The van der Waals surface area contributed by atoms with E-state index in [4.69, 9.17) is 4.74 Å². The fourth-order valence-corrected chi connectivity index (χ4v) is 2.59. The second-order valence-corrected chi connectivity index (χ2v) is 9.85. The lowest BCUT2D eigenvalue weighted by molar-refractivity contribution is 0.0635. The van der Waals surface area contributed by atoms with E-state index in [0.717, 1.165) is 6.07 Å². The third kappa shape index (κ3) is 7.43. The van der Waals surface area contributed by atoms with Gasteiger partial charge in [-0.25, -0.2) is 18.6 Å². The van der Waals surface area contributed by atoms with Gasteiger partial charge in [0.1, 0.15) is 16.0 Å². The Hall–Kier alpha value is -1.45. The van der Waals surface area contributed by atoms with Crippen LogP contribution in [-0.4, -0.2) is 26.0 Å². The van der Waals surface area contributed by atoms with E-state index in [1.165, 1.54) is 6.07 Å². The average Bonchev–Trinajstić information content (AvgIpc) is 2.43. The van der Waals surface area contributed by atoms with Crippen LogP contribution in [0.3, 0.4) is 0 Å². The number of pyridine rings is 1. The van der Waals surface area contributed by atoms with Gasteiger partial charge >= 0.3 is 6.09 Å². The van der Waals surface area contributed by atoms with Crippen LogP contribution in [0, 0.1) is 0 Å². The lowest BCUT2D eigenvalue weighted by Crippen LogP contribution is -2.40. The average molecular weight is 391 g/mol. The monoisotopic (exact) mass is 391 g/mol. The minimum absolute atomic E-state index is 0.134. The minimum Gasteiger partial charge on any atom is -0.598 e. The maximum Gasteiger partial charge on any atom is 0.412 e. The molecule has 1 heterocycles. The molecule has 0 saturated carbocycles. The third-order valence-electron chi connectivity index (χ3n) is 3.02. The van der Waals surface area contributed by atoms with Crippen molar-refractivity contribution in [1.29, 1.82) is 0 Å². The number of anilines is 1. The van der Waals surface area contributed by atoms with Gasteiger partial charge in [0.05, 0.1) is 11.7 Å². The molecule has 1 rings (SSSR count). The molecule has 0 aliphatic carbocycles. The maximum atomic E-state index is 13.2. The summed E-state index contributed by atoms with van der Waals surface area (Å²) >= 11 is -1.41. The van der Waals surface area contributed by atoms with Gasteiger partial charge in [-0.3, -0.25) is 5.32 Å². The normalized spacial score (nSPS) is 14.9. The van der Waals surface area contributed by atoms with E-state index >= 15 is 0 Å². The van der Waals surface area contributed by atoms with Gasteiger partial charge in [-0.2, -0.15) is 0 Å². The number of rotatable bonds is 5. The van der Waals surface area contributed by atoms with Crippen LogP contribution in [0.25, 0.3) is 0 Å². The number of ether oxygens (including phenoxy) is 1. The van der Waals surface area contributed by atoms with Gasteiger partial charge in [0.25, 0.3) is 6.43 Å². The van der Waals surface area contributed by atoms with Crippen molar-refractivity contribution < 1.29 is 22.9 Å². The molecular weight excluding hydrogens is 364 g/mol. The number of halogens is 2. The van der Waals surface area contributed by atoms with Crippen molar-refractivity contribution in [3.63, 3.8) is 0 Å². The molecule has 2 atom stereocenters. The predicted molar refractivity (Wildman–Crippen MR) is 98.5 cm³/mol. The molecule has 1 amide bonds. The van der Waals surface area contributed by atoms with Crippen LogP contribution in [0.2, 0.25) is 0 Å². The van der Waals surface area contributed by atoms with Crippen molar-refractivity contribution in [2.75, 3.05) is 5.32 Å². The molecule has 148 valence electrons. The van der Waals surface area contributed by atoms with Gasteiger partial charge in [-0.1, -0.05) is 0 Å². The Morgan fingerprint density at radius 3 is 2.19 bits per heavy atom. The fourth-order valence-electron chi connectivity index (χ4n) is 1.80. The summed E-state index contributed by atoms with van der Waals surface area (Å²) in [4.78, 5) is 15.8. The van der Waals surface area contributed by atoms with E-state index in [9.17, 15) is 18.1 Å². The Balaban J connectivity index is 3.05. The van der Waals surface area contributed by atoms with Crippen molar-refractivity contribution in [1.82, 2.24) is 9.71 Å². The Bertz CT molecular complexity index is 631. The third-order valence-corrected chi connectivity index (χ3v) is 4.70. The molecule has 1 aromatic rings. The van der Waals surface area contributed by atoms with Crippen LogP contribution in [0.1, 0.15) is 72.3 Å². The second-order valence-electron chi connectivity index (χ2n) is 7.85. The lowest BCUT2D eigenvalue weighted by atomic mass is 10.2. The molecule has 0 aliphatic rings. The number of alkyl halides is 2. The molecule has 6 nitrogen and oxygen atoms in total. The van der Waals surface area contributed by atoms with Gasteiger partial charge in [0, 0.05) is 17.0 Å². The number of hydrogen-bond acceptors (Lipinski definition) is 5. The number of hydrogen-bond donors (Lipinski definition) is 2. The number of amides is 1. The topological polar surface area (TPSA) is 86.3 Å². The van der Waals surface area contributed by atoms with Gasteiger partial charge in [0.15, 0.2) is 0 Å². The van der Waals surface area contributed by atoms with Crippen molar-refractivity contribution in [3.05, 3.63) is 23.5 Å². The summed E-state index contributed by atoms with van der Waals surface area (Å²) in [5.41, 5.74) is -0.825. The van der Waals surface area contributed by atoms with E-state index in [-0.39, 0.29) is 11.4 Å². The van der Waals surface area contributed by atoms with Crippen molar-refractivity contribution in [2.45, 2.75) is 71.3 Å². The zero-order chi connectivity index (χ0) is 20.3. The highest BCUT2D eigenvalue weighted by Crippen LogP contribution is 2.26. The zero-order valence-corrected chi connectivity index (χ0v) is 17.0. The standard InChI is InChI=1S/C17H27F2N3O3S/c1-10(22-26(24)17(5,6)7)12-8-11(9-13(21-12)14(18)19)20-15(23)25-16(2,3)4/h8-10,14,22H,1-7H3,(H,20,21,23)/t10-,26?/m1/s1. The van der Waals surface area contributed by atoms with Crippen molar-refractivity contribution in [2.24, 2.45) is 0 Å². The largest absolute Gasteiger partial charge is 0.598 e. The molecule has 0 radical (unpaired) electrons. The smallest absolute Gasteiger partial charge is 0.412 e. The van der Waals surface area contributed by atoms with Crippen LogP contribution in [-0.2, 0) is 16.1 Å². The highest BCUT2D eigenvalue weighted by atomic mass is 32.2. The Morgan fingerprint density at radius 1 is 1.19 bits per heavy atom. The van der Waals surface area contributed by atoms with Crippen LogP contribution < -0.4 is 10.0 Å². The summed E-state index contributed by atoms with van der Waals surface area (Å²) in [6, 6.07) is 1.98. The van der Waals surface area contributed by atoms with Gasteiger partial charge < -0.3 is 9.29 Å². The van der Waals surface area contributed by atoms with Crippen LogP contribution in [0.5, 0.6) is 0 Å². The van der Waals surface area contributed by atoms with E-state index < -0.39 is 46.0 Å². The molecule has 0 aliphatic heterocycles. The summed E-state index contributed by atoms with van der Waals surface area (Å²) in [7, 11) is 0. The molecule has 1 unspecified atom stereocenters. The SMILES string of the molecule is C[C@@H](N[S+]([O-])C(C)(C)C)c1cc(NC(=O)OC(C)(C)C)cc(C(F)F)n1. The highest BCUT2D eigenvalue weighted by molar-refractivity contribution is 7.90.